The Morgan fingerprint density at radius 3 is 2.25 bits per heavy atom. The number of rotatable bonds is 12. The molecule has 3 heterocycles. The molecule has 0 unspecified atom stereocenters. The molecule has 3 aliphatic rings. The summed E-state index contributed by atoms with van der Waals surface area (Å²) >= 11 is 1.37. The zero-order chi connectivity index (χ0) is 23.8. The lowest BCUT2D eigenvalue weighted by Gasteiger charge is -2.46. The first-order chi connectivity index (χ1) is 15.1. The molecule has 32 heavy (non-hydrogen) atoms. The van der Waals surface area contributed by atoms with Crippen molar-refractivity contribution in [1.29, 1.82) is 0 Å². The maximum absolute atomic E-state index is 13.1. The van der Waals surface area contributed by atoms with Gasteiger partial charge in [-0.1, -0.05) is 33.6 Å². The second-order valence-corrected chi connectivity index (χ2v) is 12.2. The molecule has 11 heteroatoms. The summed E-state index contributed by atoms with van der Waals surface area (Å²) in [5.41, 5.74) is -0.0109. The maximum atomic E-state index is 13.1. The maximum Gasteiger partial charge on any atom is 0.353 e. The number of aliphatic hydroxyl groups is 1. The molecule has 2 fully saturated rings. The lowest BCUT2D eigenvalue weighted by molar-refractivity contribution is -0.163. The summed E-state index contributed by atoms with van der Waals surface area (Å²) in [5.74, 6) is -2.32. The van der Waals surface area contributed by atoms with Crippen LogP contribution in [0.5, 0.6) is 0 Å². The number of β-lactam (4-membered cyclic amide) rings is 1. The van der Waals surface area contributed by atoms with Gasteiger partial charge in [-0.2, -0.15) is 17.0 Å². The van der Waals surface area contributed by atoms with E-state index in [-0.39, 0.29) is 28.8 Å². The Morgan fingerprint density at radius 2 is 1.78 bits per heavy atom. The van der Waals surface area contributed by atoms with Gasteiger partial charge in [0, 0.05) is 42.3 Å². The number of thioether (sulfide) groups is 1. The largest absolute Gasteiger partial charge is 0.477 e. The Hall–Kier alpha value is -1.14. The molecule has 0 bridgehead atoms. The SMILES string of the molecule is CCCCN(CCCC)S(=O)(=O)N1CC(SC2=C(C(=O)O)N3C(=O)[C@H]([C@@H](C)O)[C@H]3[C@H]2C)C1. The normalized spacial score (nSPS) is 27.5. The molecule has 0 spiro atoms. The Morgan fingerprint density at radius 1 is 1.22 bits per heavy atom. The third-order valence-electron chi connectivity index (χ3n) is 6.59. The fraction of sp³-hybridized carbons (Fsp3) is 0.810. The van der Waals surface area contributed by atoms with Gasteiger partial charge < -0.3 is 15.1 Å². The molecule has 0 aromatic heterocycles. The first kappa shape index (κ1) is 25.5. The molecule has 0 aromatic carbocycles. The van der Waals surface area contributed by atoms with Crippen molar-refractivity contribution in [2.24, 2.45) is 11.8 Å². The van der Waals surface area contributed by atoms with E-state index in [1.54, 1.807) is 11.2 Å². The van der Waals surface area contributed by atoms with Gasteiger partial charge in [-0.05, 0) is 19.8 Å². The molecule has 4 atom stereocenters. The number of hydrogen-bond donors (Lipinski definition) is 2. The van der Waals surface area contributed by atoms with Gasteiger partial charge in [0.05, 0.1) is 18.1 Å². The molecule has 9 nitrogen and oxygen atoms in total. The summed E-state index contributed by atoms with van der Waals surface area (Å²) < 4.78 is 29.2. The molecule has 0 aliphatic carbocycles. The van der Waals surface area contributed by atoms with Crippen LogP contribution >= 0.6 is 11.8 Å². The molecule has 0 saturated carbocycles. The number of carbonyl (C=O) groups excluding carboxylic acids is 1. The highest BCUT2D eigenvalue weighted by Gasteiger charge is 2.60. The van der Waals surface area contributed by atoms with E-state index < -0.39 is 28.2 Å². The second kappa shape index (κ2) is 10.0. The number of amides is 1. The van der Waals surface area contributed by atoms with E-state index in [0.29, 0.717) is 31.1 Å². The Labute approximate surface area is 195 Å². The first-order valence-electron chi connectivity index (χ1n) is 11.5. The van der Waals surface area contributed by atoms with Gasteiger partial charge in [0.2, 0.25) is 5.91 Å². The summed E-state index contributed by atoms with van der Waals surface area (Å²) in [4.78, 5) is 26.3. The van der Waals surface area contributed by atoms with Crippen molar-refractivity contribution < 1.29 is 28.2 Å². The van der Waals surface area contributed by atoms with Crippen molar-refractivity contribution in [2.45, 2.75) is 70.8 Å². The fourth-order valence-electron chi connectivity index (χ4n) is 4.70. The summed E-state index contributed by atoms with van der Waals surface area (Å²) in [6.07, 6.45) is 2.63. The Balaban J connectivity index is 1.68. The Kier molecular flexibility index (Phi) is 7.97. The van der Waals surface area contributed by atoms with E-state index in [4.69, 9.17) is 0 Å². The highest BCUT2D eigenvalue weighted by Crippen LogP contribution is 2.52. The molecule has 0 radical (unpaired) electrons. The molecule has 2 saturated heterocycles. The highest BCUT2D eigenvalue weighted by molar-refractivity contribution is 8.04. The molecule has 3 rings (SSSR count). The number of hydrogen-bond acceptors (Lipinski definition) is 6. The molecule has 2 N–H and O–H groups in total. The minimum atomic E-state index is -3.53. The van der Waals surface area contributed by atoms with Gasteiger partial charge in [-0.15, -0.1) is 11.8 Å². The van der Waals surface area contributed by atoms with E-state index in [2.05, 4.69) is 0 Å². The average Bonchev–Trinajstić information content (AvgIpc) is 2.92. The van der Waals surface area contributed by atoms with Crippen LogP contribution in [0.15, 0.2) is 10.6 Å². The zero-order valence-electron chi connectivity index (χ0n) is 19.2. The third kappa shape index (κ3) is 4.46. The van der Waals surface area contributed by atoms with Gasteiger partial charge in [0.25, 0.3) is 10.2 Å². The molecule has 0 aromatic rings. The Bertz CT molecular complexity index is 861. The van der Waals surface area contributed by atoms with Crippen LogP contribution in [0.1, 0.15) is 53.4 Å². The van der Waals surface area contributed by atoms with Crippen LogP contribution in [0.25, 0.3) is 0 Å². The highest BCUT2D eigenvalue weighted by atomic mass is 32.2. The number of aliphatic carboxylic acids is 1. The minimum absolute atomic E-state index is 0.0109. The van der Waals surface area contributed by atoms with Crippen molar-refractivity contribution in [3.8, 4) is 0 Å². The number of fused-ring (bicyclic) bond motifs is 1. The van der Waals surface area contributed by atoms with Crippen LogP contribution < -0.4 is 0 Å². The molecule has 182 valence electrons. The molecule has 1 amide bonds. The van der Waals surface area contributed by atoms with Crippen molar-refractivity contribution in [1.82, 2.24) is 13.5 Å². The van der Waals surface area contributed by atoms with Crippen LogP contribution in [0.2, 0.25) is 0 Å². The minimum Gasteiger partial charge on any atom is -0.477 e. The van der Waals surface area contributed by atoms with E-state index in [1.165, 1.54) is 21.0 Å². The lowest BCUT2D eigenvalue weighted by atomic mass is 9.79. The van der Waals surface area contributed by atoms with E-state index in [1.807, 2.05) is 20.8 Å². The van der Waals surface area contributed by atoms with Crippen molar-refractivity contribution in [2.75, 3.05) is 26.2 Å². The van der Waals surface area contributed by atoms with Gasteiger partial charge in [-0.25, -0.2) is 4.79 Å². The predicted molar refractivity (Wildman–Crippen MR) is 123 cm³/mol. The average molecular weight is 490 g/mol. The van der Waals surface area contributed by atoms with Gasteiger partial charge in [0.1, 0.15) is 5.70 Å². The van der Waals surface area contributed by atoms with Crippen LogP contribution in [-0.4, -0.2) is 87.6 Å². The number of carboxylic acid groups (broad SMARTS) is 1. The molecular weight excluding hydrogens is 454 g/mol. The van der Waals surface area contributed by atoms with Crippen molar-refractivity contribution in [3.63, 3.8) is 0 Å². The van der Waals surface area contributed by atoms with Gasteiger partial charge in [-0.3, -0.25) is 4.79 Å². The lowest BCUT2D eigenvalue weighted by Crippen LogP contribution is -2.63. The van der Waals surface area contributed by atoms with Gasteiger partial charge in [0.15, 0.2) is 0 Å². The van der Waals surface area contributed by atoms with E-state index in [0.717, 1.165) is 25.7 Å². The van der Waals surface area contributed by atoms with Crippen LogP contribution in [0, 0.1) is 11.8 Å². The second-order valence-electron chi connectivity index (χ2n) is 8.94. The van der Waals surface area contributed by atoms with Crippen LogP contribution in [0.4, 0.5) is 0 Å². The van der Waals surface area contributed by atoms with E-state index in [9.17, 15) is 28.2 Å². The van der Waals surface area contributed by atoms with Crippen LogP contribution in [0.3, 0.4) is 0 Å². The smallest absolute Gasteiger partial charge is 0.353 e. The number of nitrogens with zero attached hydrogens (tertiary/aromatic N) is 3. The third-order valence-corrected chi connectivity index (χ3v) is 10.0. The summed E-state index contributed by atoms with van der Waals surface area (Å²) in [5, 5.41) is 19.6. The van der Waals surface area contributed by atoms with Crippen LogP contribution in [-0.2, 0) is 19.8 Å². The summed E-state index contributed by atoms with van der Waals surface area (Å²) in [6.45, 7) is 9.17. The fourth-order valence-corrected chi connectivity index (χ4v) is 8.19. The predicted octanol–water partition coefficient (Wildman–Crippen LogP) is 1.70. The summed E-state index contributed by atoms with van der Waals surface area (Å²) in [7, 11) is -3.53. The monoisotopic (exact) mass is 489 g/mol. The standard InChI is InChI=1S/C21H35N3O6S2/c1-5-7-9-22(10-8-6-2)32(29,30)23-11-15(12-23)31-19-13(3)17-16(14(4)25)20(26)24(17)18(19)21(27)28/h13-17,25H,5-12H2,1-4H3,(H,27,28)/t13-,14-,16-,17-/m1/s1. The van der Waals surface area contributed by atoms with Crippen molar-refractivity contribution in [3.05, 3.63) is 10.6 Å². The topological polar surface area (TPSA) is 118 Å². The quantitative estimate of drug-likeness (QED) is 0.401. The zero-order valence-corrected chi connectivity index (χ0v) is 20.9. The first-order valence-corrected chi connectivity index (χ1v) is 13.7. The number of unbranched alkanes of at least 4 members (excludes halogenated alkanes) is 2. The van der Waals surface area contributed by atoms with Crippen molar-refractivity contribution >= 4 is 33.8 Å². The molecular formula is C21H35N3O6S2. The number of carboxylic acids is 1. The number of aliphatic hydroxyl groups excluding tert-OH is 1. The molecule has 3 aliphatic heterocycles. The van der Waals surface area contributed by atoms with Gasteiger partial charge >= 0.3 is 5.97 Å². The van der Waals surface area contributed by atoms with E-state index >= 15 is 0 Å². The summed E-state index contributed by atoms with van der Waals surface area (Å²) in [6, 6.07) is -0.352. The number of carbonyl (C=O) groups is 2.